The first kappa shape index (κ1) is 18.5. The number of thiazole rings is 1. The van der Waals surface area contributed by atoms with Gasteiger partial charge in [0.25, 0.3) is 0 Å². The fraction of sp³-hybridized carbons (Fsp3) is 0.273. The van der Waals surface area contributed by atoms with Gasteiger partial charge in [-0.15, -0.1) is 11.3 Å². The monoisotopic (exact) mass is 394 g/mol. The van der Waals surface area contributed by atoms with E-state index in [1.807, 2.05) is 25.1 Å². The smallest absolute Gasteiger partial charge is 0.225 e. The highest BCUT2D eigenvalue weighted by atomic mass is 32.1. The van der Waals surface area contributed by atoms with Crippen LogP contribution in [-0.2, 0) is 17.8 Å². The maximum atomic E-state index is 12.5. The van der Waals surface area contributed by atoms with E-state index in [4.69, 9.17) is 9.47 Å². The number of aromatic nitrogens is 1. The van der Waals surface area contributed by atoms with Crippen molar-refractivity contribution in [2.75, 3.05) is 13.2 Å². The largest absolute Gasteiger partial charge is 0.486 e. The number of benzene rings is 2. The molecule has 0 aliphatic carbocycles. The molecule has 144 valence electrons. The molecule has 4 rings (SSSR count). The van der Waals surface area contributed by atoms with E-state index in [0.717, 1.165) is 38.2 Å². The average molecular weight is 394 g/mol. The first-order valence-electron chi connectivity index (χ1n) is 9.27. The molecule has 1 N–H and O–H groups in total. The number of carbonyl (C=O) groups is 1. The summed E-state index contributed by atoms with van der Waals surface area (Å²) in [4.78, 5) is 18.2. The van der Waals surface area contributed by atoms with Gasteiger partial charge in [-0.05, 0) is 31.5 Å². The molecule has 2 heterocycles. The Balaban J connectivity index is 1.42. The van der Waals surface area contributed by atoms with E-state index in [1.165, 1.54) is 5.56 Å². The molecule has 6 heteroatoms. The van der Waals surface area contributed by atoms with Crippen LogP contribution in [0, 0.1) is 13.8 Å². The number of nitrogens with one attached hydrogen (secondary N) is 1. The number of rotatable bonds is 5. The summed E-state index contributed by atoms with van der Waals surface area (Å²) in [6.45, 7) is 5.60. The number of hydrogen-bond donors (Lipinski definition) is 1. The van der Waals surface area contributed by atoms with Crippen LogP contribution in [0.1, 0.15) is 21.0 Å². The molecule has 28 heavy (non-hydrogen) atoms. The second kappa shape index (κ2) is 8.02. The summed E-state index contributed by atoms with van der Waals surface area (Å²) in [5, 5.41) is 3.96. The van der Waals surface area contributed by atoms with Crippen molar-refractivity contribution in [3.8, 4) is 22.8 Å². The molecule has 0 radical (unpaired) electrons. The van der Waals surface area contributed by atoms with Crippen molar-refractivity contribution < 1.29 is 14.3 Å². The SMILES string of the molecule is Cc1ccc(-c2nc(C)sc2CC(=O)NCc2ccc3c(c2)OCCO3)cc1. The van der Waals surface area contributed by atoms with Crippen molar-refractivity contribution >= 4 is 17.2 Å². The second-order valence-electron chi connectivity index (χ2n) is 6.80. The van der Waals surface area contributed by atoms with Gasteiger partial charge in [0.05, 0.1) is 17.1 Å². The van der Waals surface area contributed by atoms with E-state index in [1.54, 1.807) is 11.3 Å². The molecule has 0 fully saturated rings. The number of hydrogen-bond acceptors (Lipinski definition) is 5. The minimum Gasteiger partial charge on any atom is -0.486 e. The molecule has 1 amide bonds. The molecule has 3 aromatic rings. The normalized spacial score (nSPS) is 12.6. The molecular weight excluding hydrogens is 372 g/mol. The van der Waals surface area contributed by atoms with E-state index in [0.29, 0.717) is 26.2 Å². The Morgan fingerprint density at radius 3 is 2.61 bits per heavy atom. The van der Waals surface area contributed by atoms with Crippen LogP contribution >= 0.6 is 11.3 Å². The molecule has 0 saturated heterocycles. The lowest BCUT2D eigenvalue weighted by atomic mass is 10.1. The van der Waals surface area contributed by atoms with Gasteiger partial charge < -0.3 is 14.8 Å². The molecule has 2 aromatic carbocycles. The van der Waals surface area contributed by atoms with Crippen molar-refractivity contribution in [1.29, 1.82) is 0 Å². The van der Waals surface area contributed by atoms with Gasteiger partial charge in [0.1, 0.15) is 13.2 Å². The van der Waals surface area contributed by atoms with Gasteiger partial charge in [0, 0.05) is 17.0 Å². The van der Waals surface area contributed by atoms with Gasteiger partial charge in [-0.25, -0.2) is 4.98 Å². The Labute approximate surface area is 168 Å². The van der Waals surface area contributed by atoms with Gasteiger partial charge in [-0.2, -0.15) is 0 Å². The molecule has 5 nitrogen and oxygen atoms in total. The number of ether oxygens (including phenoxy) is 2. The van der Waals surface area contributed by atoms with E-state index in [9.17, 15) is 4.79 Å². The van der Waals surface area contributed by atoms with Crippen LogP contribution in [-0.4, -0.2) is 24.1 Å². The lowest BCUT2D eigenvalue weighted by Crippen LogP contribution is -2.24. The summed E-state index contributed by atoms with van der Waals surface area (Å²) in [6, 6.07) is 14.0. The third-order valence-corrected chi connectivity index (χ3v) is 5.52. The minimum atomic E-state index is -0.0214. The van der Waals surface area contributed by atoms with E-state index >= 15 is 0 Å². The molecule has 1 aliphatic heterocycles. The first-order chi connectivity index (χ1) is 13.6. The Morgan fingerprint density at radius 2 is 1.82 bits per heavy atom. The fourth-order valence-electron chi connectivity index (χ4n) is 3.13. The maximum Gasteiger partial charge on any atom is 0.225 e. The Bertz CT molecular complexity index is 996. The minimum absolute atomic E-state index is 0.0214. The highest BCUT2D eigenvalue weighted by Crippen LogP contribution is 2.31. The zero-order valence-electron chi connectivity index (χ0n) is 16.0. The topological polar surface area (TPSA) is 60.5 Å². The van der Waals surface area contributed by atoms with E-state index in [-0.39, 0.29) is 5.91 Å². The van der Waals surface area contributed by atoms with Crippen LogP contribution in [0.4, 0.5) is 0 Å². The van der Waals surface area contributed by atoms with Crippen molar-refractivity contribution in [3.05, 3.63) is 63.5 Å². The Morgan fingerprint density at radius 1 is 1.07 bits per heavy atom. The van der Waals surface area contributed by atoms with Crippen molar-refractivity contribution in [2.24, 2.45) is 0 Å². The third kappa shape index (κ3) is 4.17. The van der Waals surface area contributed by atoms with Crippen molar-refractivity contribution in [2.45, 2.75) is 26.8 Å². The Kier molecular flexibility index (Phi) is 5.30. The molecule has 0 bridgehead atoms. The molecule has 1 aliphatic rings. The maximum absolute atomic E-state index is 12.5. The van der Waals surface area contributed by atoms with Crippen LogP contribution < -0.4 is 14.8 Å². The number of aryl methyl sites for hydroxylation is 2. The summed E-state index contributed by atoms with van der Waals surface area (Å²) < 4.78 is 11.1. The van der Waals surface area contributed by atoms with Crippen LogP contribution in [0.15, 0.2) is 42.5 Å². The first-order valence-corrected chi connectivity index (χ1v) is 10.1. The predicted molar refractivity (Wildman–Crippen MR) is 110 cm³/mol. The van der Waals surface area contributed by atoms with Crippen molar-refractivity contribution in [3.63, 3.8) is 0 Å². The standard InChI is InChI=1S/C22H22N2O3S/c1-14-3-6-17(7-4-14)22-20(28-15(2)24-22)12-21(25)23-13-16-5-8-18-19(11-16)27-10-9-26-18/h3-8,11H,9-10,12-13H2,1-2H3,(H,23,25). The molecular formula is C22H22N2O3S. The number of nitrogens with zero attached hydrogens (tertiary/aromatic N) is 1. The summed E-state index contributed by atoms with van der Waals surface area (Å²) in [6.07, 6.45) is 0.319. The molecule has 0 atom stereocenters. The zero-order chi connectivity index (χ0) is 19.5. The summed E-state index contributed by atoms with van der Waals surface area (Å²) >= 11 is 1.57. The summed E-state index contributed by atoms with van der Waals surface area (Å²) in [5.74, 6) is 1.47. The predicted octanol–water partition coefficient (Wildman–Crippen LogP) is 4.06. The van der Waals surface area contributed by atoms with Gasteiger partial charge >= 0.3 is 0 Å². The quantitative estimate of drug-likeness (QED) is 0.709. The van der Waals surface area contributed by atoms with Gasteiger partial charge in [0.2, 0.25) is 5.91 Å². The lowest BCUT2D eigenvalue weighted by molar-refractivity contribution is -0.120. The number of fused-ring (bicyclic) bond motifs is 1. The van der Waals surface area contributed by atoms with Crippen LogP contribution in [0.2, 0.25) is 0 Å². The van der Waals surface area contributed by atoms with Gasteiger partial charge in [0.15, 0.2) is 11.5 Å². The average Bonchev–Trinajstić information content (AvgIpc) is 3.06. The van der Waals surface area contributed by atoms with Gasteiger partial charge in [-0.1, -0.05) is 35.9 Å². The van der Waals surface area contributed by atoms with Crippen LogP contribution in [0.5, 0.6) is 11.5 Å². The summed E-state index contributed by atoms with van der Waals surface area (Å²) in [5.41, 5.74) is 4.13. The van der Waals surface area contributed by atoms with E-state index in [2.05, 4.69) is 41.5 Å². The second-order valence-corrected chi connectivity index (χ2v) is 8.09. The number of carbonyl (C=O) groups excluding carboxylic acids is 1. The molecule has 0 unspecified atom stereocenters. The third-order valence-electron chi connectivity index (χ3n) is 4.55. The summed E-state index contributed by atoms with van der Waals surface area (Å²) in [7, 11) is 0. The highest BCUT2D eigenvalue weighted by Gasteiger charge is 2.16. The molecule has 0 saturated carbocycles. The Hall–Kier alpha value is -2.86. The zero-order valence-corrected chi connectivity index (χ0v) is 16.8. The fourth-order valence-corrected chi connectivity index (χ4v) is 4.09. The van der Waals surface area contributed by atoms with Crippen LogP contribution in [0.3, 0.4) is 0 Å². The highest BCUT2D eigenvalue weighted by molar-refractivity contribution is 7.12. The van der Waals surface area contributed by atoms with Gasteiger partial charge in [-0.3, -0.25) is 4.79 Å². The van der Waals surface area contributed by atoms with Crippen molar-refractivity contribution in [1.82, 2.24) is 10.3 Å². The number of amides is 1. The van der Waals surface area contributed by atoms with Crippen LogP contribution in [0.25, 0.3) is 11.3 Å². The lowest BCUT2D eigenvalue weighted by Gasteiger charge is -2.19. The molecule has 1 aromatic heterocycles. The molecule has 0 spiro atoms. The van der Waals surface area contributed by atoms with E-state index < -0.39 is 0 Å².